The van der Waals surface area contributed by atoms with Gasteiger partial charge in [-0.1, -0.05) is 29.8 Å². The van der Waals surface area contributed by atoms with E-state index in [0.29, 0.717) is 24.6 Å². The average molecular weight is 473 g/mol. The zero-order chi connectivity index (χ0) is 20.4. The van der Waals surface area contributed by atoms with E-state index in [1.54, 1.807) is 13.8 Å². The lowest BCUT2D eigenvalue weighted by Gasteiger charge is -2.62. The Morgan fingerprint density at radius 3 is 2.50 bits per heavy atom. The number of ether oxygens (including phenoxy) is 3. The molecule has 0 aromatic heterocycles. The molecule has 0 radical (unpaired) electrons. The molecule has 0 amide bonds. The Morgan fingerprint density at radius 1 is 1.07 bits per heavy atom. The van der Waals surface area contributed by atoms with Gasteiger partial charge in [0.05, 0.1) is 6.61 Å². The van der Waals surface area contributed by atoms with Crippen LogP contribution in [0.3, 0.4) is 0 Å². The molecule has 5 aliphatic rings. The summed E-state index contributed by atoms with van der Waals surface area (Å²) < 4.78 is 60.4. The van der Waals surface area contributed by atoms with Crippen molar-refractivity contribution >= 4 is 15.9 Å². The van der Waals surface area contributed by atoms with Crippen molar-refractivity contribution in [3.63, 3.8) is 0 Å². The van der Waals surface area contributed by atoms with Crippen LogP contribution in [0, 0.1) is 23.7 Å². The third kappa shape index (κ3) is 2.91. The fraction of sp³-hybridized carbons (Fsp3) is 1.00. The molecular weight excluding hydrogens is 445 g/mol. The molecule has 5 fully saturated rings. The van der Waals surface area contributed by atoms with Crippen LogP contribution in [0.25, 0.3) is 0 Å². The number of fused-ring (bicyclic) bond motifs is 2. The van der Waals surface area contributed by atoms with Gasteiger partial charge in [-0.15, -0.1) is 0 Å². The molecule has 4 heterocycles. The van der Waals surface area contributed by atoms with Crippen LogP contribution in [-0.4, -0.2) is 41.6 Å². The largest absolute Gasteiger partial charge is 0.443 e. The predicted molar refractivity (Wildman–Crippen MR) is 96.2 cm³/mol. The van der Waals surface area contributed by atoms with Gasteiger partial charge in [-0.2, -0.15) is 13.2 Å². The Kier molecular flexibility index (Phi) is 5.37. The van der Waals surface area contributed by atoms with Crippen LogP contribution in [0.5, 0.6) is 0 Å². The van der Waals surface area contributed by atoms with Gasteiger partial charge >= 0.3 is 6.18 Å². The number of hydrogen-bond acceptors (Lipinski definition) is 5. The van der Waals surface area contributed by atoms with E-state index < -0.39 is 41.5 Å². The van der Waals surface area contributed by atoms with E-state index in [9.17, 15) is 13.2 Å². The molecule has 0 unspecified atom stereocenters. The summed E-state index contributed by atoms with van der Waals surface area (Å²) in [7, 11) is 0. The zero-order valence-electron chi connectivity index (χ0n) is 16.4. The molecule has 9 heteroatoms. The van der Waals surface area contributed by atoms with Crippen LogP contribution in [0.4, 0.5) is 13.2 Å². The molecule has 8 atom stereocenters. The number of hydrogen-bond donors (Lipinski definition) is 0. The van der Waals surface area contributed by atoms with E-state index in [4.69, 9.17) is 24.0 Å². The molecular formula is C19H28BrF3O5. The highest BCUT2D eigenvalue weighted by Crippen LogP contribution is 2.64. The van der Waals surface area contributed by atoms with Crippen LogP contribution in [0.1, 0.15) is 52.9 Å². The molecule has 1 aliphatic carbocycles. The molecule has 4 aliphatic heterocycles. The second-order valence-corrected chi connectivity index (χ2v) is 9.67. The molecule has 162 valence electrons. The van der Waals surface area contributed by atoms with E-state index >= 15 is 0 Å². The smallest absolute Gasteiger partial charge is 0.342 e. The molecule has 0 aromatic carbocycles. The Balaban J connectivity index is 1.78. The van der Waals surface area contributed by atoms with E-state index in [0.717, 1.165) is 12.8 Å². The molecule has 28 heavy (non-hydrogen) atoms. The number of rotatable bonds is 4. The first-order valence-corrected chi connectivity index (χ1v) is 11.2. The minimum atomic E-state index is -4.70. The maximum Gasteiger partial charge on any atom is 0.443 e. The normalized spacial score (nSPS) is 50.9. The van der Waals surface area contributed by atoms with Crippen LogP contribution in [0.2, 0.25) is 0 Å². The summed E-state index contributed by atoms with van der Waals surface area (Å²) in [5.74, 6) is -4.94. The van der Waals surface area contributed by atoms with Gasteiger partial charge < -0.3 is 14.2 Å². The lowest BCUT2D eigenvalue weighted by Crippen LogP contribution is -2.76. The van der Waals surface area contributed by atoms with Gasteiger partial charge in [0.25, 0.3) is 5.79 Å². The van der Waals surface area contributed by atoms with Crippen LogP contribution in [-0.2, 0) is 24.0 Å². The monoisotopic (exact) mass is 472 g/mol. The van der Waals surface area contributed by atoms with Gasteiger partial charge in [0, 0.05) is 23.6 Å². The van der Waals surface area contributed by atoms with Crippen molar-refractivity contribution in [2.45, 2.75) is 82.5 Å². The van der Waals surface area contributed by atoms with Crippen LogP contribution < -0.4 is 0 Å². The Morgan fingerprint density at radius 2 is 1.82 bits per heavy atom. The van der Waals surface area contributed by atoms with E-state index in [1.165, 1.54) is 0 Å². The highest BCUT2D eigenvalue weighted by atomic mass is 79.9. The number of halogens is 4. The maximum absolute atomic E-state index is 14.4. The molecule has 1 spiro atoms. The Labute approximate surface area is 171 Å². The van der Waals surface area contributed by atoms with Gasteiger partial charge in [0.1, 0.15) is 0 Å². The minimum Gasteiger partial charge on any atom is -0.342 e. The first kappa shape index (κ1) is 21.3. The highest BCUT2D eigenvalue weighted by molar-refractivity contribution is 9.09. The van der Waals surface area contributed by atoms with Gasteiger partial charge in [-0.05, 0) is 44.4 Å². The SMILES string of the molecule is C[C@@H]1CC[C@H]2[C@@H](C)[C@](OCCCBr)(C(F)(F)F)O[C@@H]3O[C@]4(C)CC[C@@H]1[C@]32OO4. The standard InChI is InChI=1S/C19H28BrF3O5/c1-11-5-6-14-12(2)18(19(21,22)23,24-10-4-9-20)26-15-17(14)13(11)7-8-16(3,25-15)27-28-17/h11-15H,4-10H2,1-3H3/t11-,12-,13+,14+,15+,16+,17-,18-/m1/s1. The Hall–Kier alpha value is 0.0700. The van der Waals surface area contributed by atoms with Crippen molar-refractivity contribution in [3.05, 3.63) is 0 Å². The zero-order valence-corrected chi connectivity index (χ0v) is 18.0. The predicted octanol–water partition coefficient (Wildman–Crippen LogP) is 4.93. The fourth-order valence-electron chi connectivity index (χ4n) is 5.77. The third-order valence-corrected chi connectivity index (χ3v) is 7.81. The van der Waals surface area contributed by atoms with Gasteiger partial charge in [0.15, 0.2) is 11.9 Å². The van der Waals surface area contributed by atoms with Crippen molar-refractivity contribution in [3.8, 4) is 0 Å². The fourth-order valence-corrected chi connectivity index (χ4v) is 6.00. The summed E-state index contributed by atoms with van der Waals surface area (Å²) in [6, 6.07) is 0. The molecule has 2 bridgehead atoms. The maximum atomic E-state index is 14.4. The lowest BCUT2D eigenvalue weighted by molar-refractivity contribution is -0.598. The Bertz CT molecular complexity index is 607. The summed E-state index contributed by atoms with van der Waals surface area (Å²) in [5, 5.41) is 0.553. The van der Waals surface area contributed by atoms with Crippen molar-refractivity contribution in [2.75, 3.05) is 11.9 Å². The van der Waals surface area contributed by atoms with Gasteiger partial charge in [-0.25, -0.2) is 9.78 Å². The van der Waals surface area contributed by atoms with E-state index in [2.05, 4.69) is 22.9 Å². The first-order valence-electron chi connectivity index (χ1n) is 10.1. The summed E-state index contributed by atoms with van der Waals surface area (Å²) in [6.45, 7) is 5.32. The van der Waals surface area contributed by atoms with Crippen molar-refractivity contribution in [2.24, 2.45) is 23.7 Å². The van der Waals surface area contributed by atoms with Crippen molar-refractivity contribution in [1.29, 1.82) is 0 Å². The van der Waals surface area contributed by atoms with Gasteiger partial charge in [0.2, 0.25) is 5.79 Å². The topological polar surface area (TPSA) is 46.2 Å². The van der Waals surface area contributed by atoms with Crippen molar-refractivity contribution < 1.29 is 37.2 Å². The minimum absolute atomic E-state index is 0.0109. The summed E-state index contributed by atoms with van der Waals surface area (Å²) in [4.78, 5) is 11.6. The van der Waals surface area contributed by atoms with Crippen LogP contribution in [0.15, 0.2) is 0 Å². The average Bonchev–Trinajstić information content (AvgIpc) is 2.84. The summed E-state index contributed by atoms with van der Waals surface area (Å²) >= 11 is 3.24. The van der Waals surface area contributed by atoms with E-state index in [1.807, 2.05) is 0 Å². The second-order valence-electron chi connectivity index (χ2n) is 8.87. The molecule has 0 aromatic rings. The summed E-state index contributed by atoms with van der Waals surface area (Å²) in [6.07, 6.45) is -2.70. The molecule has 5 rings (SSSR count). The lowest BCUT2D eigenvalue weighted by atomic mass is 9.57. The van der Waals surface area contributed by atoms with Gasteiger partial charge in [-0.3, -0.25) is 0 Å². The third-order valence-electron chi connectivity index (χ3n) is 7.25. The molecule has 0 N–H and O–H groups in total. The second kappa shape index (κ2) is 7.05. The molecule has 4 saturated heterocycles. The first-order chi connectivity index (χ1) is 13.1. The number of alkyl halides is 4. The highest BCUT2D eigenvalue weighted by Gasteiger charge is 2.77. The van der Waals surface area contributed by atoms with E-state index in [-0.39, 0.29) is 18.4 Å². The summed E-state index contributed by atoms with van der Waals surface area (Å²) in [5.41, 5.74) is -1.04. The quantitative estimate of drug-likeness (QED) is 0.329. The van der Waals surface area contributed by atoms with Crippen molar-refractivity contribution in [1.82, 2.24) is 0 Å². The molecule has 1 saturated carbocycles. The molecule has 5 nitrogen and oxygen atoms in total. The van der Waals surface area contributed by atoms with Crippen LogP contribution >= 0.6 is 15.9 Å².